The first-order chi connectivity index (χ1) is 9.69. The van der Waals surface area contributed by atoms with Gasteiger partial charge in [0.15, 0.2) is 0 Å². The standard InChI is InChI=1S/C15H19FN2O2/c16-13-4-2-1-3-11(13)12-7-14(12)17-15(20)18-6-5-10(8-18)9-19/h1-4,10,12,14,19H,5-9H2,(H,17,20). The molecule has 1 saturated carbocycles. The van der Waals surface area contributed by atoms with Crippen LogP contribution in [0.5, 0.6) is 0 Å². The molecule has 2 fully saturated rings. The molecule has 3 atom stereocenters. The smallest absolute Gasteiger partial charge is 0.317 e. The van der Waals surface area contributed by atoms with Gasteiger partial charge in [-0.15, -0.1) is 0 Å². The Labute approximate surface area is 117 Å². The number of hydrogen-bond acceptors (Lipinski definition) is 2. The minimum absolute atomic E-state index is 0.0348. The van der Waals surface area contributed by atoms with Crippen LogP contribution in [0.25, 0.3) is 0 Å². The average molecular weight is 278 g/mol. The highest BCUT2D eigenvalue weighted by Gasteiger charge is 2.42. The van der Waals surface area contributed by atoms with E-state index in [0.717, 1.165) is 12.8 Å². The Bertz CT molecular complexity index is 508. The van der Waals surface area contributed by atoms with Gasteiger partial charge in [0.25, 0.3) is 0 Å². The molecule has 0 aromatic heterocycles. The van der Waals surface area contributed by atoms with Crippen molar-refractivity contribution in [3.63, 3.8) is 0 Å². The van der Waals surface area contributed by atoms with E-state index < -0.39 is 0 Å². The predicted octanol–water partition coefficient (Wildman–Crippen LogP) is 1.71. The molecule has 2 amide bonds. The number of amides is 2. The van der Waals surface area contributed by atoms with Crippen LogP contribution in [0.4, 0.5) is 9.18 Å². The van der Waals surface area contributed by atoms with Crippen LogP contribution in [0.3, 0.4) is 0 Å². The summed E-state index contributed by atoms with van der Waals surface area (Å²) in [6.07, 6.45) is 1.65. The van der Waals surface area contributed by atoms with Gasteiger partial charge < -0.3 is 15.3 Å². The first kappa shape index (κ1) is 13.4. The lowest BCUT2D eigenvalue weighted by atomic mass is 10.1. The molecule has 3 rings (SSSR count). The molecule has 1 aliphatic carbocycles. The Morgan fingerprint density at radius 1 is 1.45 bits per heavy atom. The van der Waals surface area contributed by atoms with Crippen LogP contribution < -0.4 is 5.32 Å². The van der Waals surface area contributed by atoms with Gasteiger partial charge in [-0.05, 0) is 24.5 Å². The molecular formula is C15H19FN2O2. The largest absolute Gasteiger partial charge is 0.396 e. The quantitative estimate of drug-likeness (QED) is 0.884. The number of aliphatic hydroxyl groups excluding tert-OH is 1. The molecule has 1 aromatic carbocycles. The Morgan fingerprint density at radius 3 is 2.95 bits per heavy atom. The van der Waals surface area contributed by atoms with Crippen molar-refractivity contribution in [1.29, 1.82) is 0 Å². The van der Waals surface area contributed by atoms with E-state index in [1.165, 1.54) is 6.07 Å². The summed E-state index contributed by atoms with van der Waals surface area (Å²) in [4.78, 5) is 13.8. The van der Waals surface area contributed by atoms with Crippen molar-refractivity contribution in [2.24, 2.45) is 5.92 Å². The maximum absolute atomic E-state index is 13.6. The fraction of sp³-hybridized carbons (Fsp3) is 0.533. The third kappa shape index (κ3) is 2.63. The molecule has 3 unspecified atom stereocenters. The minimum Gasteiger partial charge on any atom is -0.396 e. The summed E-state index contributed by atoms with van der Waals surface area (Å²) in [5, 5.41) is 12.0. The van der Waals surface area contributed by atoms with Crippen molar-refractivity contribution in [2.75, 3.05) is 19.7 Å². The van der Waals surface area contributed by atoms with Crippen molar-refractivity contribution in [3.05, 3.63) is 35.6 Å². The third-order valence-electron chi connectivity index (χ3n) is 4.24. The number of urea groups is 1. The molecule has 0 spiro atoms. The van der Waals surface area contributed by atoms with Crippen LogP contribution >= 0.6 is 0 Å². The van der Waals surface area contributed by atoms with E-state index in [2.05, 4.69) is 5.32 Å². The highest BCUT2D eigenvalue weighted by atomic mass is 19.1. The number of hydrogen-bond donors (Lipinski definition) is 2. The molecule has 108 valence electrons. The van der Waals surface area contributed by atoms with Gasteiger partial charge in [0.05, 0.1) is 0 Å². The molecule has 4 nitrogen and oxygen atoms in total. The van der Waals surface area contributed by atoms with Crippen LogP contribution in [0.2, 0.25) is 0 Å². The maximum Gasteiger partial charge on any atom is 0.317 e. The Balaban J connectivity index is 1.54. The summed E-state index contributed by atoms with van der Waals surface area (Å²) in [5.41, 5.74) is 0.687. The van der Waals surface area contributed by atoms with E-state index >= 15 is 0 Å². The highest BCUT2D eigenvalue weighted by molar-refractivity contribution is 5.75. The van der Waals surface area contributed by atoms with E-state index in [-0.39, 0.29) is 36.3 Å². The van der Waals surface area contributed by atoms with Gasteiger partial charge in [0.1, 0.15) is 5.82 Å². The summed E-state index contributed by atoms with van der Waals surface area (Å²) < 4.78 is 13.6. The Kier molecular flexibility index (Phi) is 3.61. The van der Waals surface area contributed by atoms with Crippen molar-refractivity contribution < 1.29 is 14.3 Å². The van der Waals surface area contributed by atoms with Crippen molar-refractivity contribution >= 4 is 6.03 Å². The van der Waals surface area contributed by atoms with Gasteiger partial charge in [-0.1, -0.05) is 18.2 Å². The van der Waals surface area contributed by atoms with E-state index in [1.807, 2.05) is 6.07 Å². The van der Waals surface area contributed by atoms with Gasteiger partial charge in [-0.3, -0.25) is 0 Å². The van der Waals surface area contributed by atoms with Gasteiger partial charge in [0.2, 0.25) is 0 Å². The molecule has 20 heavy (non-hydrogen) atoms. The molecular weight excluding hydrogens is 259 g/mol. The van der Waals surface area contributed by atoms with Crippen LogP contribution in [0.1, 0.15) is 24.3 Å². The fourth-order valence-electron chi connectivity index (χ4n) is 2.89. The molecule has 0 bridgehead atoms. The van der Waals surface area contributed by atoms with Crippen molar-refractivity contribution in [3.8, 4) is 0 Å². The van der Waals surface area contributed by atoms with Crippen molar-refractivity contribution in [2.45, 2.75) is 24.8 Å². The lowest BCUT2D eigenvalue weighted by Crippen LogP contribution is -2.40. The summed E-state index contributed by atoms with van der Waals surface area (Å²) in [7, 11) is 0. The summed E-state index contributed by atoms with van der Waals surface area (Å²) >= 11 is 0. The van der Waals surface area contributed by atoms with E-state index in [0.29, 0.717) is 18.7 Å². The van der Waals surface area contributed by atoms with Crippen LogP contribution in [-0.4, -0.2) is 41.8 Å². The lowest BCUT2D eigenvalue weighted by molar-refractivity contribution is 0.198. The minimum atomic E-state index is -0.198. The first-order valence-corrected chi connectivity index (χ1v) is 7.09. The molecule has 1 heterocycles. The second kappa shape index (κ2) is 5.40. The molecule has 1 aromatic rings. The average Bonchev–Trinajstić information content (AvgIpc) is 3.03. The topological polar surface area (TPSA) is 52.6 Å². The molecule has 1 aliphatic heterocycles. The number of nitrogens with zero attached hydrogens (tertiary/aromatic N) is 1. The second-order valence-corrected chi connectivity index (χ2v) is 5.70. The number of nitrogens with one attached hydrogen (secondary N) is 1. The maximum atomic E-state index is 13.6. The third-order valence-corrected chi connectivity index (χ3v) is 4.24. The molecule has 2 N–H and O–H groups in total. The number of carbonyl (C=O) groups excluding carboxylic acids is 1. The Hall–Kier alpha value is -1.62. The highest BCUT2D eigenvalue weighted by Crippen LogP contribution is 2.41. The summed E-state index contributed by atoms with van der Waals surface area (Å²) in [6, 6.07) is 6.68. The number of aliphatic hydroxyl groups is 1. The van der Waals surface area contributed by atoms with Crippen LogP contribution in [0, 0.1) is 11.7 Å². The van der Waals surface area contributed by atoms with Crippen LogP contribution in [0.15, 0.2) is 24.3 Å². The van der Waals surface area contributed by atoms with Gasteiger partial charge in [-0.25, -0.2) is 9.18 Å². The first-order valence-electron chi connectivity index (χ1n) is 7.09. The number of likely N-dealkylation sites (tertiary alicyclic amines) is 1. The fourth-order valence-corrected chi connectivity index (χ4v) is 2.89. The molecule has 2 aliphatic rings. The zero-order valence-electron chi connectivity index (χ0n) is 11.3. The van der Waals surface area contributed by atoms with Gasteiger partial charge >= 0.3 is 6.03 Å². The zero-order valence-corrected chi connectivity index (χ0v) is 11.3. The molecule has 5 heteroatoms. The number of benzene rings is 1. The van der Waals surface area contributed by atoms with Gasteiger partial charge in [0, 0.05) is 37.6 Å². The van der Waals surface area contributed by atoms with E-state index in [9.17, 15) is 9.18 Å². The molecule has 0 radical (unpaired) electrons. The van der Waals surface area contributed by atoms with E-state index in [1.54, 1.807) is 17.0 Å². The normalized spacial score (nSPS) is 28.5. The van der Waals surface area contributed by atoms with Crippen LogP contribution in [-0.2, 0) is 0 Å². The molecule has 1 saturated heterocycles. The number of halogens is 1. The summed E-state index contributed by atoms with van der Waals surface area (Å²) in [6.45, 7) is 1.43. The predicted molar refractivity (Wildman–Crippen MR) is 72.8 cm³/mol. The number of carbonyl (C=O) groups is 1. The number of rotatable bonds is 3. The lowest BCUT2D eigenvalue weighted by Gasteiger charge is -2.17. The second-order valence-electron chi connectivity index (χ2n) is 5.70. The zero-order chi connectivity index (χ0) is 14.1. The Morgan fingerprint density at radius 2 is 2.25 bits per heavy atom. The SMILES string of the molecule is O=C(NC1CC1c1ccccc1F)N1CCC(CO)C1. The monoisotopic (exact) mass is 278 g/mol. The van der Waals surface area contributed by atoms with Crippen molar-refractivity contribution in [1.82, 2.24) is 10.2 Å². The van der Waals surface area contributed by atoms with Gasteiger partial charge in [-0.2, -0.15) is 0 Å². The summed E-state index contributed by atoms with van der Waals surface area (Å²) in [5.74, 6) is 0.0921. The van der Waals surface area contributed by atoms with E-state index in [4.69, 9.17) is 5.11 Å².